The Balaban J connectivity index is 0.791. The van der Waals surface area contributed by atoms with E-state index in [1.54, 1.807) is 36.9 Å². The molecule has 0 radical (unpaired) electrons. The van der Waals surface area contributed by atoms with Crippen LogP contribution in [-0.2, 0) is 20.0 Å². The van der Waals surface area contributed by atoms with Gasteiger partial charge in [-0.05, 0) is 95.3 Å². The Labute approximate surface area is 356 Å². The van der Waals surface area contributed by atoms with Crippen LogP contribution in [0.4, 0.5) is 20.2 Å². The van der Waals surface area contributed by atoms with Gasteiger partial charge in [-0.15, -0.1) is 0 Å². The molecule has 322 valence electrons. The van der Waals surface area contributed by atoms with Gasteiger partial charge in [-0.3, -0.25) is 34.1 Å². The molecule has 4 amide bonds. The molecule has 4 aliphatic rings. The molecule has 3 saturated heterocycles. The number of rotatable bonds is 8. The molecule has 2 aromatic carbocycles. The molecule has 6 heterocycles. The zero-order valence-electron chi connectivity index (χ0n) is 34.8. The van der Waals surface area contributed by atoms with Gasteiger partial charge in [0.05, 0.1) is 46.3 Å². The summed E-state index contributed by atoms with van der Waals surface area (Å²) in [5, 5.41) is 35.5. The Hall–Kier alpha value is -6.25. The average Bonchev–Trinajstić information content (AvgIpc) is 3.84. The van der Waals surface area contributed by atoms with Crippen molar-refractivity contribution < 1.29 is 33.1 Å². The molecule has 15 nitrogen and oxygen atoms in total. The third kappa shape index (κ3) is 7.66. The Morgan fingerprint density at radius 1 is 0.968 bits per heavy atom. The summed E-state index contributed by atoms with van der Waals surface area (Å²) in [5.74, 6) is -4.53. The van der Waals surface area contributed by atoms with E-state index in [-0.39, 0.29) is 48.0 Å². The van der Waals surface area contributed by atoms with Gasteiger partial charge in [0.25, 0.3) is 5.91 Å². The summed E-state index contributed by atoms with van der Waals surface area (Å²) in [6.07, 6.45) is 7.26. The second-order valence-corrected chi connectivity index (χ2v) is 17.8. The fraction of sp³-hybridized carbons (Fsp3) is 0.444. The Bertz CT molecular complexity index is 2650. The van der Waals surface area contributed by atoms with E-state index in [0.717, 1.165) is 44.2 Å². The van der Waals surface area contributed by atoms with Gasteiger partial charge in [-0.1, -0.05) is 0 Å². The first-order chi connectivity index (χ1) is 29.6. The van der Waals surface area contributed by atoms with Gasteiger partial charge in [-0.25, -0.2) is 13.3 Å². The van der Waals surface area contributed by atoms with E-state index >= 15 is 8.78 Å². The first-order valence-electron chi connectivity index (χ1n) is 21.2. The summed E-state index contributed by atoms with van der Waals surface area (Å²) >= 11 is 0. The number of hydrogen-bond donors (Lipinski definition) is 3. The second kappa shape index (κ2) is 15.9. The number of piperazine rings is 1. The predicted molar refractivity (Wildman–Crippen MR) is 224 cm³/mol. The highest BCUT2D eigenvalue weighted by Gasteiger charge is 2.41. The van der Waals surface area contributed by atoms with E-state index in [2.05, 4.69) is 33.6 Å². The van der Waals surface area contributed by atoms with Crippen LogP contribution in [0.3, 0.4) is 0 Å². The SMILES string of the molecule is C[C@@H]1CN(C2CCC(n3cc4cc(NC(=O)c5ccc6cc(C#N)cnn56)c(C(C)(C)O)cc4n3)CC2)CCN1C(=O)C1CN(c2cc(F)c([C@H]3CCC(=O)NC3=O)c(F)c2)C1. The molecule has 0 spiro atoms. The van der Waals surface area contributed by atoms with Crippen molar-refractivity contribution in [1.29, 1.82) is 5.26 Å². The lowest BCUT2D eigenvalue weighted by molar-refractivity contribution is -0.141. The number of nitrogens with zero attached hydrogens (tertiary/aromatic N) is 8. The highest BCUT2D eigenvalue weighted by Crippen LogP contribution is 2.38. The quantitative estimate of drug-likeness (QED) is 0.180. The molecular formula is C45H48F2N10O5. The molecule has 1 aliphatic carbocycles. The normalized spacial score (nSPS) is 22.7. The smallest absolute Gasteiger partial charge is 0.274 e. The van der Waals surface area contributed by atoms with Crippen molar-refractivity contribution in [2.75, 3.05) is 42.9 Å². The van der Waals surface area contributed by atoms with Gasteiger partial charge in [0.2, 0.25) is 17.7 Å². The van der Waals surface area contributed by atoms with Gasteiger partial charge in [0, 0.05) is 85.3 Å². The number of nitrogens with one attached hydrogen (secondary N) is 2. The van der Waals surface area contributed by atoms with Gasteiger partial charge in [0.1, 0.15) is 23.4 Å². The number of anilines is 2. The number of amides is 4. The number of piperidine rings is 1. The minimum absolute atomic E-state index is 0.00546. The lowest BCUT2D eigenvalue weighted by Gasteiger charge is -2.48. The summed E-state index contributed by atoms with van der Waals surface area (Å²) in [7, 11) is 0. The molecule has 3 N–H and O–H groups in total. The summed E-state index contributed by atoms with van der Waals surface area (Å²) in [5.41, 5.74) is 1.71. The maximum absolute atomic E-state index is 15.2. The molecule has 2 atom stereocenters. The number of carbonyl (C=O) groups is 4. The first kappa shape index (κ1) is 41.1. The van der Waals surface area contributed by atoms with Crippen molar-refractivity contribution >= 4 is 51.4 Å². The van der Waals surface area contributed by atoms with Crippen LogP contribution in [0.25, 0.3) is 16.4 Å². The number of aromatic nitrogens is 4. The molecular weight excluding hydrogens is 799 g/mol. The summed E-state index contributed by atoms with van der Waals surface area (Å²) in [4.78, 5) is 57.2. The largest absolute Gasteiger partial charge is 0.386 e. The molecule has 3 aliphatic heterocycles. The minimum atomic E-state index is -1.28. The third-order valence-electron chi connectivity index (χ3n) is 13.2. The number of imide groups is 1. The lowest BCUT2D eigenvalue weighted by atomic mass is 9.88. The maximum atomic E-state index is 15.2. The van der Waals surface area contributed by atoms with E-state index in [1.807, 2.05) is 27.9 Å². The number of carbonyl (C=O) groups excluding carboxylic acids is 4. The fourth-order valence-electron chi connectivity index (χ4n) is 9.77. The molecule has 62 heavy (non-hydrogen) atoms. The van der Waals surface area contributed by atoms with Crippen LogP contribution in [0.15, 0.2) is 54.9 Å². The zero-order valence-corrected chi connectivity index (χ0v) is 34.8. The molecule has 0 unspecified atom stereocenters. The fourth-order valence-corrected chi connectivity index (χ4v) is 9.77. The Morgan fingerprint density at radius 3 is 2.37 bits per heavy atom. The van der Waals surface area contributed by atoms with E-state index in [9.17, 15) is 29.5 Å². The number of hydrogen-bond acceptors (Lipinski definition) is 10. The summed E-state index contributed by atoms with van der Waals surface area (Å²) < 4.78 is 33.8. The number of aliphatic hydroxyl groups is 1. The molecule has 9 rings (SSSR count). The van der Waals surface area contributed by atoms with Crippen molar-refractivity contribution in [2.24, 2.45) is 5.92 Å². The van der Waals surface area contributed by atoms with E-state index in [1.165, 1.54) is 22.8 Å². The van der Waals surface area contributed by atoms with E-state index in [4.69, 9.17) is 5.10 Å². The van der Waals surface area contributed by atoms with Crippen LogP contribution in [0.2, 0.25) is 0 Å². The molecule has 1 saturated carbocycles. The Morgan fingerprint density at radius 2 is 1.69 bits per heavy atom. The Kier molecular flexibility index (Phi) is 10.5. The second-order valence-electron chi connectivity index (χ2n) is 17.8. The maximum Gasteiger partial charge on any atom is 0.274 e. The van der Waals surface area contributed by atoms with Crippen LogP contribution in [-0.4, -0.2) is 103 Å². The van der Waals surface area contributed by atoms with Crippen LogP contribution < -0.4 is 15.5 Å². The molecule has 0 bridgehead atoms. The highest BCUT2D eigenvalue weighted by atomic mass is 19.1. The third-order valence-corrected chi connectivity index (χ3v) is 13.2. The average molecular weight is 847 g/mol. The topological polar surface area (TPSA) is 181 Å². The van der Waals surface area contributed by atoms with Crippen molar-refractivity contribution in [2.45, 2.75) is 88.9 Å². The summed E-state index contributed by atoms with van der Waals surface area (Å²) in [6, 6.07) is 13.7. The van der Waals surface area contributed by atoms with Gasteiger partial charge >= 0.3 is 0 Å². The van der Waals surface area contributed by atoms with Crippen LogP contribution in [0.1, 0.15) is 98.4 Å². The first-order valence-corrected chi connectivity index (χ1v) is 21.2. The standard InChI is InChI=1S/C45H48F2N10O5/c1-25-21-53(12-13-55(25)44(61)28-22-54(23-28)32-16-35(46)41(36(47)17-32)33-9-11-40(58)51-42(33)59)29-4-6-30(7-5-29)56-24-27-15-38(34(45(2,3)62)18-37(27)52-56)50-43(60)39-10-8-31-14-26(19-48)20-49-57(31)39/h8,10,14-18,20,24-25,28-30,33,62H,4-7,9,11-13,21-23H2,1-3H3,(H,50,60)(H,51,58,59)/t25-,29?,30?,33-/m1/s1. The molecule has 3 aromatic heterocycles. The number of nitriles is 1. The number of halogens is 2. The number of benzene rings is 2. The summed E-state index contributed by atoms with van der Waals surface area (Å²) in [6.45, 7) is 8.21. The zero-order chi connectivity index (χ0) is 43.6. The van der Waals surface area contributed by atoms with E-state index in [0.29, 0.717) is 59.2 Å². The van der Waals surface area contributed by atoms with Crippen molar-refractivity contribution in [3.05, 3.63) is 88.9 Å². The number of fused-ring (bicyclic) bond motifs is 2. The van der Waals surface area contributed by atoms with E-state index < -0.39 is 40.9 Å². The van der Waals surface area contributed by atoms with Crippen LogP contribution >= 0.6 is 0 Å². The lowest BCUT2D eigenvalue weighted by Crippen LogP contribution is -2.61. The van der Waals surface area contributed by atoms with Gasteiger partial charge in [0.15, 0.2) is 0 Å². The highest BCUT2D eigenvalue weighted by molar-refractivity contribution is 6.05. The monoisotopic (exact) mass is 846 g/mol. The molecule has 4 fully saturated rings. The van der Waals surface area contributed by atoms with Crippen molar-refractivity contribution in [1.82, 2.24) is 34.5 Å². The van der Waals surface area contributed by atoms with Gasteiger partial charge < -0.3 is 20.2 Å². The molecule has 17 heteroatoms. The van der Waals surface area contributed by atoms with Crippen molar-refractivity contribution in [3.8, 4) is 6.07 Å². The van der Waals surface area contributed by atoms with Gasteiger partial charge in [-0.2, -0.15) is 15.5 Å². The van der Waals surface area contributed by atoms with Crippen molar-refractivity contribution in [3.63, 3.8) is 0 Å². The van der Waals surface area contributed by atoms with Crippen LogP contribution in [0, 0.1) is 28.9 Å². The van der Waals surface area contributed by atoms with Crippen LogP contribution in [0.5, 0.6) is 0 Å². The molecule has 5 aromatic rings. The minimum Gasteiger partial charge on any atom is -0.386 e. The predicted octanol–water partition coefficient (Wildman–Crippen LogP) is 4.99.